The Morgan fingerprint density at radius 3 is 2.59 bits per heavy atom. The highest BCUT2D eigenvalue weighted by Crippen LogP contribution is 2.73. The quantitative estimate of drug-likeness (QED) is 0.232. The van der Waals surface area contributed by atoms with Crippen molar-refractivity contribution in [2.24, 2.45) is 38.7 Å². The molecule has 4 fully saturated rings. The number of hydrogen-bond donors (Lipinski definition) is 0. The van der Waals surface area contributed by atoms with Gasteiger partial charge in [-0.25, -0.2) is 0 Å². The van der Waals surface area contributed by atoms with Crippen LogP contribution in [-0.2, 0) is 14.4 Å². The molecule has 198 valence electrons. The monoisotopic (exact) mass is 502 g/mol. The van der Waals surface area contributed by atoms with Gasteiger partial charge in [0.05, 0.1) is 29.4 Å². The molecule has 1 aromatic rings. The number of fused-ring (bicyclic) bond motifs is 3. The Kier molecular flexibility index (Phi) is 6.75. The third-order valence-electron chi connectivity index (χ3n) is 10.8. The van der Waals surface area contributed by atoms with Crippen LogP contribution in [0.15, 0.2) is 35.5 Å². The predicted octanol–water partition coefficient (Wildman–Crippen LogP) is 7.31. The van der Waals surface area contributed by atoms with E-state index in [0.717, 1.165) is 37.7 Å². The molecule has 0 unspecified atom stereocenters. The van der Waals surface area contributed by atoms with Crippen molar-refractivity contribution in [1.82, 2.24) is 0 Å². The zero-order chi connectivity index (χ0) is 26.3. The molecule has 1 aromatic carbocycles. The molecule has 5 heteroatoms. The number of hydrogen-bond acceptors (Lipinski definition) is 5. The summed E-state index contributed by atoms with van der Waals surface area (Å²) in [5.74, 6) is 1.06. The third-order valence-corrected chi connectivity index (χ3v) is 10.8. The number of ether oxygens (including phenoxy) is 1. The molecule has 4 aliphatic rings. The van der Waals surface area contributed by atoms with Crippen LogP contribution in [0.5, 0.6) is 0 Å². The fourth-order valence-electron chi connectivity index (χ4n) is 9.22. The highest BCUT2D eigenvalue weighted by Gasteiger charge is 2.67. The summed E-state index contributed by atoms with van der Waals surface area (Å²) in [7, 11) is 0. The molecule has 6 atom stereocenters. The van der Waals surface area contributed by atoms with Crippen LogP contribution in [0.4, 0.5) is 0 Å². The second kappa shape index (κ2) is 9.61. The van der Waals surface area contributed by atoms with Crippen LogP contribution in [-0.4, -0.2) is 24.9 Å². The first-order valence-corrected chi connectivity index (χ1v) is 14.2. The fraction of sp³-hybridized carbons (Fsp3) is 0.656. The molecule has 0 heterocycles. The minimum atomic E-state index is -0.356. The summed E-state index contributed by atoms with van der Waals surface area (Å²) < 4.78 is 5.62. The number of oxime groups is 1. The van der Waals surface area contributed by atoms with E-state index in [-0.39, 0.29) is 27.6 Å². The van der Waals surface area contributed by atoms with E-state index < -0.39 is 0 Å². The third kappa shape index (κ3) is 4.31. The molecular weight excluding hydrogens is 460 g/mol. The Morgan fingerprint density at radius 1 is 1.11 bits per heavy atom. The van der Waals surface area contributed by atoms with Crippen molar-refractivity contribution in [3.05, 3.63) is 41.5 Å². The SMILES string of the molecule is CCOC(=O)[C@]1(C)CCC[C@@]2(C)[C@@H]3CC[C@@]4(C)C[C@]3(CC[C@@H]21)C/C4=N\OC/C=C/c1ccc(C#N)cc1. The van der Waals surface area contributed by atoms with Crippen molar-refractivity contribution in [2.45, 2.75) is 85.5 Å². The van der Waals surface area contributed by atoms with E-state index in [0.29, 0.717) is 30.6 Å². The number of carbonyl (C=O) groups is 1. The largest absolute Gasteiger partial charge is 0.466 e. The van der Waals surface area contributed by atoms with Crippen LogP contribution in [0.3, 0.4) is 0 Å². The van der Waals surface area contributed by atoms with Gasteiger partial charge >= 0.3 is 5.97 Å². The number of rotatable bonds is 6. The normalized spacial score (nSPS) is 39.6. The number of esters is 1. The molecule has 0 amide bonds. The first kappa shape index (κ1) is 26.0. The van der Waals surface area contributed by atoms with Gasteiger partial charge in [0.15, 0.2) is 0 Å². The second-order valence-electron chi connectivity index (χ2n) is 12.9. The van der Waals surface area contributed by atoms with Gasteiger partial charge < -0.3 is 9.57 Å². The molecule has 4 aliphatic carbocycles. The van der Waals surface area contributed by atoms with Gasteiger partial charge in [-0.2, -0.15) is 5.26 Å². The van der Waals surface area contributed by atoms with Gasteiger partial charge in [-0.3, -0.25) is 4.79 Å². The molecular formula is C32H42N2O3. The summed E-state index contributed by atoms with van der Waals surface area (Å²) in [6, 6.07) is 9.68. The number of nitriles is 1. The van der Waals surface area contributed by atoms with Crippen LogP contribution in [0.1, 0.15) is 96.6 Å². The van der Waals surface area contributed by atoms with Gasteiger partial charge in [0.2, 0.25) is 0 Å². The summed E-state index contributed by atoms with van der Waals surface area (Å²) >= 11 is 0. The smallest absolute Gasteiger partial charge is 0.312 e. The lowest BCUT2D eigenvalue weighted by molar-refractivity contribution is -0.187. The van der Waals surface area contributed by atoms with Crippen molar-refractivity contribution in [2.75, 3.05) is 13.2 Å². The van der Waals surface area contributed by atoms with Crippen molar-refractivity contribution in [1.29, 1.82) is 5.26 Å². The van der Waals surface area contributed by atoms with Crippen LogP contribution < -0.4 is 0 Å². The number of benzene rings is 1. The highest BCUT2D eigenvalue weighted by molar-refractivity contribution is 5.93. The van der Waals surface area contributed by atoms with E-state index in [2.05, 4.69) is 26.8 Å². The van der Waals surface area contributed by atoms with Crippen molar-refractivity contribution in [3.8, 4) is 6.07 Å². The van der Waals surface area contributed by atoms with Crippen LogP contribution in [0, 0.1) is 44.8 Å². The first-order chi connectivity index (χ1) is 17.7. The molecule has 5 rings (SSSR count). The van der Waals surface area contributed by atoms with E-state index in [9.17, 15) is 4.79 Å². The average molecular weight is 503 g/mol. The van der Waals surface area contributed by atoms with Crippen LogP contribution in [0.25, 0.3) is 6.08 Å². The maximum Gasteiger partial charge on any atom is 0.312 e. The minimum Gasteiger partial charge on any atom is -0.466 e. The van der Waals surface area contributed by atoms with Gasteiger partial charge in [-0.15, -0.1) is 0 Å². The lowest BCUT2D eigenvalue weighted by atomic mass is 9.40. The minimum absolute atomic E-state index is 0.0265. The van der Waals surface area contributed by atoms with Crippen molar-refractivity contribution >= 4 is 17.8 Å². The lowest BCUT2D eigenvalue weighted by Gasteiger charge is -2.64. The Morgan fingerprint density at radius 2 is 1.86 bits per heavy atom. The molecule has 0 aliphatic heterocycles. The van der Waals surface area contributed by atoms with E-state index in [1.165, 1.54) is 31.4 Å². The summed E-state index contributed by atoms with van der Waals surface area (Å²) in [4.78, 5) is 19.0. The van der Waals surface area contributed by atoms with E-state index >= 15 is 0 Å². The molecule has 5 nitrogen and oxygen atoms in total. The fourth-order valence-corrected chi connectivity index (χ4v) is 9.22. The Labute approximate surface area is 222 Å². The maximum absolute atomic E-state index is 13.2. The van der Waals surface area contributed by atoms with Gasteiger partial charge in [-0.05, 0) is 112 Å². The molecule has 37 heavy (non-hydrogen) atoms. The summed E-state index contributed by atoms with van der Waals surface area (Å²) in [6.45, 7) is 9.91. The summed E-state index contributed by atoms with van der Waals surface area (Å²) in [5.41, 5.74) is 3.19. The van der Waals surface area contributed by atoms with E-state index in [4.69, 9.17) is 20.0 Å². The predicted molar refractivity (Wildman–Crippen MR) is 145 cm³/mol. The van der Waals surface area contributed by atoms with E-state index in [1.54, 1.807) is 0 Å². The van der Waals surface area contributed by atoms with Crippen LogP contribution in [0.2, 0.25) is 0 Å². The first-order valence-electron chi connectivity index (χ1n) is 14.2. The number of carbonyl (C=O) groups excluding carboxylic acids is 1. The maximum atomic E-state index is 13.2. The van der Waals surface area contributed by atoms with Crippen molar-refractivity contribution < 1.29 is 14.4 Å². The molecule has 0 N–H and O–H groups in total. The molecule has 0 radical (unpaired) electrons. The molecule has 1 spiro atoms. The molecule has 4 saturated carbocycles. The summed E-state index contributed by atoms with van der Waals surface area (Å²) in [5, 5.41) is 13.7. The zero-order valence-corrected chi connectivity index (χ0v) is 23.0. The molecule has 0 aromatic heterocycles. The standard InChI is InChI=1S/C32H42N2O3/c1-5-36-28(35)31(4)16-7-15-30(3)25(31)14-18-32-20-27(29(2,22-32)17-13-26(30)32)34-37-19-6-8-23-9-11-24(21-33)12-10-23/h6,8-12,25-26H,5,7,13-20,22H2,1-4H3/b8-6+,34-27+/t25-,26-,29-,30+,31+,32-/m0/s1. The average Bonchev–Trinajstić information content (AvgIpc) is 3.08. The lowest BCUT2D eigenvalue weighted by Crippen LogP contribution is -2.58. The highest BCUT2D eigenvalue weighted by atomic mass is 16.6. The van der Waals surface area contributed by atoms with Crippen molar-refractivity contribution in [3.63, 3.8) is 0 Å². The van der Waals surface area contributed by atoms with Gasteiger partial charge in [0.25, 0.3) is 0 Å². The molecule has 2 bridgehead atoms. The Hall–Kier alpha value is -2.61. The molecule has 0 saturated heterocycles. The van der Waals surface area contributed by atoms with Gasteiger partial charge in [0, 0.05) is 5.41 Å². The van der Waals surface area contributed by atoms with E-state index in [1.807, 2.05) is 43.3 Å². The second-order valence-corrected chi connectivity index (χ2v) is 12.9. The summed E-state index contributed by atoms with van der Waals surface area (Å²) in [6.07, 6.45) is 14.2. The number of nitrogens with zero attached hydrogens (tertiary/aromatic N) is 2. The van der Waals surface area contributed by atoms with Crippen LogP contribution >= 0.6 is 0 Å². The zero-order valence-electron chi connectivity index (χ0n) is 23.0. The Bertz CT molecular complexity index is 1130. The Balaban J connectivity index is 1.30. The van der Waals surface area contributed by atoms with Gasteiger partial charge in [0.1, 0.15) is 6.61 Å². The van der Waals surface area contributed by atoms with Gasteiger partial charge in [-0.1, -0.05) is 43.6 Å². The topological polar surface area (TPSA) is 71.7 Å².